The van der Waals surface area contributed by atoms with Gasteiger partial charge in [-0.2, -0.15) is 4.98 Å². The zero-order valence-corrected chi connectivity index (χ0v) is 21.3. The number of rotatable bonds is 8. The van der Waals surface area contributed by atoms with E-state index < -0.39 is 5.82 Å². The molecule has 1 saturated heterocycles. The van der Waals surface area contributed by atoms with Crippen molar-refractivity contribution in [2.24, 2.45) is 10.4 Å². The Morgan fingerprint density at radius 2 is 1.89 bits per heavy atom. The molecule has 0 saturated carbocycles. The van der Waals surface area contributed by atoms with Crippen LogP contribution in [0.25, 0.3) is 0 Å². The maximum Gasteiger partial charge on any atom is 0.229 e. The number of hydrogen-bond donors (Lipinski definition) is 3. The molecule has 1 atom stereocenters. The Morgan fingerprint density at radius 1 is 1.14 bits per heavy atom. The number of piperidine rings is 1. The van der Waals surface area contributed by atoms with Gasteiger partial charge in [-0.05, 0) is 82.5 Å². The minimum Gasteiger partial charge on any atom is -0.365 e. The highest BCUT2D eigenvalue weighted by Gasteiger charge is 2.38. The summed E-state index contributed by atoms with van der Waals surface area (Å²) in [6, 6.07) is 7.76. The van der Waals surface area contributed by atoms with Crippen LogP contribution in [-0.2, 0) is 4.84 Å². The van der Waals surface area contributed by atoms with E-state index in [9.17, 15) is 4.39 Å². The van der Waals surface area contributed by atoms with Gasteiger partial charge >= 0.3 is 0 Å². The summed E-state index contributed by atoms with van der Waals surface area (Å²) < 4.78 is 14.6. The van der Waals surface area contributed by atoms with E-state index in [0.717, 1.165) is 30.6 Å². The van der Waals surface area contributed by atoms with Crippen molar-refractivity contribution in [1.82, 2.24) is 20.5 Å². The number of halogens is 1. The average Bonchev–Trinajstić information content (AvgIpc) is 3.17. The zero-order valence-electron chi connectivity index (χ0n) is 21.3. The first-order valence-electron chi connectivity index (χ1n) is 12.2. The normalized spacial score (nSPS) is 21.4. The van der Waals surface area contributed by atoms with Gasteiger partial charge in [0.25, 0.3) is 0 Å². The smallest absolute Gasteiger partial charge is 0.229 e. The maximum atomic E-state index is 14.6. The van der Waals surface area contributed by atoms with Crippen LogP contribution < -0.4 is 21.0 Å². The molecule has 11 heteroatoms. The summed E-state index contributed by atoms with van der Waals surface area (Å²) >= 11 is 0. The Labute approximate surface area is 206 Å². The van der Waals surface area contributed by atoms with Gasteiger partial charge in [-0.15, -0.1) is 5.17 Å². The van der Waals surface area contributed by atoms with Crippen LogP contribution in [0.1, 0.15) is 60.8 Å². The molecule has 0 amide bonds. The lowest BCUT2D eigenvalue weighted by Gasteiger charge is -2.46. The van der Waals surface area contributed by atoms with Crippen LogP contribution in [0.3, 0.4) is 0 Å². The SMILES string of the molecule is CCON1N=NN(c2cccc(Nc3ncc(F)c(NC4CC(C)(C)NC(C)(C)C4)n3)c2)C1CC. The first-order valence-corrected chi connectivity index (χ1v) is 12.2. The Morgan fingerprint density at radius 3 is 2.57 bits per heavy atom. The van der Waals surface area contributed by atoms with E-state index in [0.29, 0.717) is 12.6 Å². The molecule has 1 unspecified atom stereocenters. The Kier molecular flexibility index (Phi) is 7.09. The summed E-state index contributed by atoms with van der Waals surface area (Å²) in [5.74, 6) is 0.0335. The van der Waals surface area contributed by atoms with Crippen LogP contribution in [0.15, 0.2) is 40.9 Å². The number of nitrogens with one attached hydrogen (secondary N) is 3. The van der Waals surface area contributed by atoms with Crippen molar-refractivity contribution in [3.63, 3.8) is 0 Å². The number of nitrogens with zero attached hydrogens (tertiary/aromatic N) is 6. The molecule has 190 valence electrons. The number of aromatic nitrogens is 2. The van der Waals surface area contributed by atoms with Gasteiger partial charge in [0.05, 0.1) is 18.5 Å². The molecule has 4 rings (SSSR count). The van der Waals surface area contributed by atoms with Crippen LogP contribution in [0.4, 0.5) is 27.5 Å². The quantitative estimate of drug-likeness (QED) is 0.471. The molecule has 1 aromatic carbocycles. The van der Waals surface area contributed by atoms with Gasteiger partial charge in [-0.3, -0.25) is 4.84 Å². The van der Waals surface area contributed by atoms with Gasteiger partial charge in [0.15, 0.2) is 17.8 Å². The van der Waals surface area contributed by atoms with Gasteiger partial charge in [0, 0.05) is 22.8 Å². The molecule has 2 aromatic rings. The van der Waals surface area contributed by atoms with E-state index in [1.807, 2.05) is 38.1 Å². The van der Waals surface area contributed by atoms with Crippen molar-refractivity contribution in [1.29, 1.82) is 0 Å². The first kappa shape index (κ1) is 25.1. The third-order valence-corrected chi connectivity index (χ3v) is 6.03. The minimum absolute atomic E-state index is 0.0640. The molecule has 3 heterocycles. The Hall–Kier alpha value is -3.05. The molecule has 0 aliphatic carbocycles. The van der Waals surface area contributed by atoms with Gasteiger partial charge < -0.3 is 16.0 Å². The summed E-state index contributed by atoms with van der Waals surface area (Å²) in [6.07, 6.45) is 3.53. The molecule has 0 radical (unpaired) electrons. The second-order valence-corrected chi connectivity index (χ2v) is 10.3. The Bertz CT molecular complexity index is 1050. The van der Waals surface area contributed by atoms with Crippen LogP contribution in [0.2, 0.25) is 0 Å². The summed E-state index contributed by atoms with van der Waals surface area (Å²) in [5.41, 5.74) is 1.47. The second-order valence-electron chi connectivity index (χ2n) is 10.3. The van der Waals surface area contributed by atoms with E-state index in [4.69, 9.17) is 4.84 Å². The van der Waals surface area contributed by atoms with E-state index >= 15 is 0 Å². The number of anilines is 4. The van der Waals surface area contributed by atoms with Gasteiger partial charge in [0.2, 0.25) is 5.95 Å². The number of benzene rings is 1. The molecule has 0 spiro atoms. The number of hydroxylamine groups is 1. The van der Waals surface area contributed by atoms with Gasteiger partial charge in [-0.25, -0.2) is 14.4 Å². The maximum absolute atomic E-state index is 14.6. The highest BCUT2D eigenvalue weighted by molar-refractivity contribution is 5.62. The lowest BCUT2D eigenvalue weighted by atomic mass is 9.79. The molecule has 35 heavy (non-hydrogen) atoms. The lowest BCUT2D eigenvalue weighted by molar-refractivity contribution is -0.174. The average molecular weight is 486 g/mol. The van der Waals surface area contributed by atoms with E-state index in [1.54, 1.807) is 5.01 Å². The van der Waals surface area contributed by atoms with Crippen molar-refractivity contribution in [2.45, 2.75) is 84.1 Å². The molecular formula is C24H36FN9O. The fourth-order valence-corrected chi connectivity index (χ4v) is 5.09. The van der Waals surface area contributed by atoms with Crippen molar-refractivity contribution in [3.05, 3.63) is 36.3 Å². The molecule has 0 bridgehead atoms. The molecule has 1 aromatic heterocycles. The van der Waals surface area contributed by atoms with Crippen molar-refractivity contribution in [3.8, 4) is 0 Å². The van der Waals surface area contributed by atoms with E-state index in [1.165, 1.54) is 11.4 Å². The minimum atomic E-state index is -0.474. The predicted octanol–water partition coefficient (Wildman–Crippen LogP) is 5.17. The third-order valence-electron chi connectivity index (χ3n) is 6.03. The molecule has 2 aliphatic rings. The van der Waals surface area contributed by atoms with Crippen LogP contribution in [0, 0.1) is 5.82 Å². The molecule has 2 aliphatic heterocycles. The van der Waals surface area contributed by atoms with Crippen molar-refractivity contribution >= 4 is 23.1 Å². The summed E-state index contributed by atoms with van der Waals surface area (Å²) in [4.78, 5) is 14.1. The fraction of sp³-hybridized carbons (Fsp3) is 0.583. The summed E-state index contributed by atoms with van der Waals surface area (Å²) in [7, 11) is 0. The second kappa shape index (κ2) is 9.90. The van der Waals surface area contributed by atoms with E-state index in [2.05, 4.69) is 64.1 Å². The molecule has 10 nitrogen and oxygen atoms in total. The summed E-state index contributed by atoms with van der Waals surface area (Å²) in [6.45, 7) is 13.1. The van der Waals surface area contributed by atoms with Gasteiger partial charge in [0.1, 0.15) is 0 Å². The molecule has 3 N–H and O–H groups in total. The highest BCUT2D eigenvalue weighted by Crippen LogP contribution is 2.32. The third kappa shape index (κ3) is 5.96. The van der Waals surface area contributed by atoms with E-state index in [-0.39, 0.29) is 29.1 Å². The highest BCUT2D eigenvalue weighted by atomic mass is 19.1. The fourth-order valence-electron chi connectivity index (χ4n) is 5.09. The molecule has 1 fully saturated rings. The topological polar surface area (TPSA) is 102 Å². The van der Waals surface area contributed by atoms with Crippen LogP contribution >= 0.6 is 0 Å². The summed E-state index contributed by atoms with van der Waals surface area (Å²) in [5, 5.41) is 21.8. The van der Waals surface area contributed by atoms with Crippen molar-refractivity contribution < 1.29 is 9.23 Å². The number of hydrogen-bond acceptors (Lipinski definition) is 10. The largest absolute Gasteiger partial charge is 0.365 e. The van der Waals surface area contributed by atoms with Crippen molar-refractivity contribution in [2.75, 3.05) is 22.2 Å². The Balaban J connectivity index is 1.49. The van der Waals surface area contributed by atoms with Gasteiger partial charge in [-0.1, -0.05) is 13.0 Å². The lowest BCUT2D eigenvalue weighted by Crippen LogP contribution is -2.60. The monoisotopic (exact) mass is 485 g/mol. The van der Waals surface area contributed by atoms with Crippen LogP contribution in [-0.4, -0.2) is 45.0 Å². The standard InChI is InChI=1S/C24H36FN9O/c1-7-20-33(31-32-34(20)35-8-2)18-11-9-10-16(12-18)28-22-26-15-19(25)21(29-22)27-17-13-23(3,4)30-24(5,6)14-17/h9-12,15,17,20,30H,7-8,13-14H2,1-6H3,(H2,26,27,28,29). The zero-order chi connectivity index (χ0) is 25.2. The molecular weight excluding hydrogens is 449 g/mol. The first-order chi connectivity index (χ1) is 16.6. The predicted molar refractivity (Wildman–Crippen MR) is 135 cm³/mol. The van der Waals surface area contributed by atoms with Crippen LogP contribution in [0.5, 0.6) is 0 Å².